The van der Waals surface area contributed by atoms with Crippen molar-refractivity contribution in [3.63, 3.8) is 0 Å². The zero-order chi connectivity index (χ0) is 17.6. The van der Waals surface area contributed by atoms with Crippen molar-refractivity contribution >= 4 is 9.84 Å². The molecule has 1 spiro atoms. The number of aromatic nitrogens is 2. The summed E-state index contributed by atoms with van der Waals surface area (Å²) in [5.41, 5.74) is 0.617. The highest BCUT2D eigenvalue weighted by Crippen LogP contribution is 2.41. The third-order valence-electron chi connectivity index (χ3n) is 4.68. The summed E-state index contributed by atoms with van der Waals surface area (Å²) in [6.45, 7) is 4.49. The third kappa shape index (κ3) is 3.88. The minimum absolute atomic E-state index is 0.0595. The van der Waals surface area contributed by atoms with Crippen molar-refractivity contribution < 1.29 is 21.6 Å². The van der Waals surface area contributed by atoms with Gasteiger partial charge < -0.3 is 4.90 Å². The van der Waals surface area contributed by atoms with E-state index in [1.54, 1.807) is 0 Å². The average molecular weight is 363 g/mol. The van der Waals surface area contributed by atoms with E-state index < -0.39 is 21.8 Å². The van der Waals surface area contributed by atoms with Gasteiger partial charge in [0.05, 0.1) is 11.5 Å². The normalized spacial score (nSPS) is 24.0. The predicted octanol–water partition coefficient (Wildman–Crippen LogP) is 1.79. The van der Waals surface area contributed by atoms with Gasteiger partial charge in [0.15, 0.2) is 9.84 Å². The van der Waals surface area contributed by atoms with Gasteiger partial charge in [-0.1, -0.05) is 6.92 Å². The number of alkyl halides is 3. The molecule has 0 radical (unpaired) electrons. The molecule has 2 fully saturated rings. The van der Waals surface area contributed by atoms with Crippen LogP contribution in [0, 0.1) is 11.3 Å². The van der Waals surface area contributed by atoms with Gasteiger partial charge in [-0.15, -0.1) is 0 Å². The van der Waals surface area contributed by atoms with Crippen LogP contribution < -0.4 is 0 Å². The number of rotatable bonds is 4. The van der Waals surface area contributed by atoms with Crippen molar-refractivity contribution in [3.05, 3.63) is 23.8 Å². The first-order valence-corrected chi connectivity index (χ1v) is 9.70. The van der Waals surface area contributed by atoms with Gasteiger partial charge in [-0.05, 0) is 30.9 Å². The van der Waals surface area contributed by atoms with Crippen molar-refractivity contribution in [1.82, 2.24) is 14.9 Å². The molecule has 1 aromatic rings. The molecule has 134 valence electrons. The molecule has 0 aromatic carbocycles. The molecule has 9 heteroatoms. The van der Waals surface area contributed by atoms with Crippen molar-refractivity contribution in [3.8, 4) is 0 Å². The van der Waals surface area contributed by atoms with Crippen molar-refractivity contribution in [1.29, 1.82) is 0 Å². The highest BCUT2D eigenvalue weighted by Gasteiger charge is 2.51. The lowest BCUT2D eigenvalue weighted by atomic mass is 9.91. The second-order valence-corrected chi connectivity index (χ2v) is 9.30. The summed E-state index contributed by atoms with van der Waals surface area (Å²) in [4.78, 5) is 9.01. The average Bonchev–Trinajstić information content (AvgIpc) is 2.79. The summed E-state index contributed by atoms with van der Waals surface area (Å²) in [6.07, 6.45) is -0.550. The van der Waals surface area contributed by atoms with E-state index in [0.717, 1.165) is 26.1 Å². The molecule has 1 atom stereocenters. The molecule has 1 aromatic heterocycles. The SMILES string of the molecule is CC(Cc1cnc(C(F)(F)F)nc1)CN1CCC2(C1)CS(=O)(=O)C2. The number of likely N-dealkylation sites (tertiary alicyclic amines) is 1. The van der Waals surface area contributed by atoms with E-state index in [2.05, 4.69) is 14.9 Å². The van der Waals surface area contributed by atoms with E-state index in [4.69, 9.17) is 0 Å². The van der Waals surface area contributed by atoms with Gasteiger partial charge in [-0.2, -0.15) is 13.2 Å². The van der Waals surface area contributed by atoms with Gasteiger partial charge >= 0.3 is 6.18 Å². The smallest absolute Gasteiger partial charge is 0.302 e. The molecule has 0 aliphatic carbocycles. The first kappa shape index (κ1) is 17.6. The van der Waals surface area contributed by atoms with Crippen LogP contribution in [0.15, 0.2) is 12.4 Å². The Morgan fingerprint density at radius 1 is 1.29 bits per heavy atom. The fourth-order valence-corrected chi connectivity index (χ4v) is 6.08. The van der Waals surface area contributed by atoms with E-state index in [-0.39, 0.29) is 22.8 Å². The van der Waals surface area contributed by atoms with Crippen molar-refractivity contribution in [2.45, 2.75) is 25.9 Å². The number of hydrogen-bond acceptors (Lipinski definition) is 5. The van der Waals surface area contributed by atoms with Gasteiger partial charge in [0, 0.05) is 30.9 Å². The highest BCUT2D eigenvalue weighted by molar-refractivity contribution is 7.92. The summed E-state index contributed by atoms with van der Waals surface area (Å²) >= 11 is 0. The van der Waals surface area contributed by atoms with E-state index in [1.165, 1.54) is 12.4 Å². The van der Waals surface area contributed by atoms with Crippen LogP contribution in [0.5, 0.6) is 0 Å². The maximum atomic E-state index is 12.4. The second kappa shape index (κ2) is 5.94. The molecular formula is C15H20F3N3O2S. The number of halogens is 3. The quantitative estimate of drug-likeness (QED) is 0.816. The molecule has 24 heavy (non-hydrogen) atoms. The van der Waals surface area contributed by atoms with Crippen molar-refractivity contribution in [2.75, 3.05) is 31.1 Å². The molecule has 3 heterocycles. The fraction of sp³-hybridized carbons (Fsp3) is 0.733. The minimum Gasteiger partial charge on any atom is -0.302 e. The largest absolute Gasteiger partial charge is 0.451 e. The molecule has 2 aliphatic heterocycles. The summed E-state index contributed by atoms with van der Waals surface area (Å²) in [7, 11) is -2.82. The van der Waals surface area contributed by atoms with Gasteiger partial charge in [-0.3, -0.25) is 0 Å². The standard InChI is InChI=1S/C15H20F3N3O2S/c1-11(4-12-5-19-13(20-6-12)15(16,17)18)7-21-3-2-14(8-21)9-24(22,23)10-14/h5-6,11H,2-4,7-10H2,1H3. The Bertz CT molecular complexity index is 692. The maximum Gasteiger partial charge on any atom is 0.451 e. The van der Waals surface area contributed by atoms with E-state index >= 15 is 0 Å². The number of sulfone groups is 1. The van der Waals surface area contributed by atoms with Crippen LogP contribution in [0.4, 0.5) is 13.2 Å². The van der Waals surface area contributed by atoms with E-state index in [1.807, 2.05) is 6.92 Å². The van der Waals surface area contributed by atoms with Crippen LogP contribution in [-0.4, -0.2) is 54.4 Å². The van der Waals surface area contributed by atoms with Crippen LogP contribution in [0.1, 0.15) is 24.7 Å². The van der Waals surface area contributed by atoms with Crippen LogP contribution >= 0.6 is 0 Å². The molecule has 5 nitrogen and oxygen atoms in total. The summed E-state index contributed by atoms with van der Waals surface area (Å²) < 4.78 is 60.1. The second-order valence-electron chi connectivity index (χ2n) is 7.24. The van der Waals surface area contributed by atoms with Crippen LogP contribution in [0.25, 0.3) is 0 Å². The monoisotopic (exact) mass is 363 g/mol. The Kier molecular flexibility index (Phi) is 4.36. The van der Waals surface area contributed by atoms with Gasteiger partial charge in [0.25, 0.3) is 0 Å². The number of hydrogen-bond donors (Lipinski definition) is 0. The minimum atomic E-state index is -4.52. The molecule has 2 saturated heterocycles. The Balaban J connectivity index is 1.50. The first-order chi connectivity index (χ1) is 11.1. The van der Waals surface area contributed by atoms with E-state index in [9.17, 15) is 21.6 Å². The van der Waals surface area contributed by atoms with Crippen LogP contribution in [-0.2, 0) is 22.4 Å². The van der Waals surface area contributed by atoms with Crippen LogP contribution in [0.3, 0.4) is 0 Å². The highest BCUT2D eigenvalue weighted by atomic mass is 32.2. The Morgan fingerprint density at radius 2 is 1.92 bits per heavy atom. The number of nitrogens with zero attached hydrogens (tertiary/aromatic N) is 3. The summed E-state index contributed by atoms with van der Waals surface area (Å²) in [5, 5.41) is 0. The lowest BCUT2D eigenvalue weighted by Crippen LogP contribution is -2.50. The lowest BCUT2D eigenvalue weighted by molar-refractivity contribution is -0.145. The third-order valence-corrected chi connectivity index (χ3v) is 6.79. The van der Waals surface area contributed by atoms with Crippen molar-refractivity contribution in [2.24, 2.45) is 11.3 Å². The van der Waals surface area contributed by atoms with Gasteiger partial charge in [-0.25, -0.2) is 18.4 Å². The summed E-state index contributed by atoms with van der Waals surface area (Å²) in [6, 6.07) is 0. The van der Waals surface area contributed by atoms with E-state index in [0.29, 0.717) is 12.0 Å². The first-order valence-electron chi connectivity index (χ1n) is 7.88. The summed E-state index contributed by atoms with van der Waals surface area (Å²) in [5.74, 6) is -0.307. The molecule has 0 bridgehead atoms. The topological polar surface area (TPSA) is 63.2 Å². The molecule has 0 amide bonds. The molecule has 2 aliphatic rings. The zero-order valence-electron chi connectivity index (χ0n) is 13.4. The molecule has 1 unspecified atom stereocenters. The lowest BCUT2D eigenvalue weighted by Gasteiger charge is -2.37. The molecule has 0 N–H and O–H groups in total. The predicted molar refractivity (Wildman–Crippen MR) is 82.0 cm³/mol. The van der Waals surface area contributed by atoms with Gasteiger partial charge in [0.1, 0.15) is 0 Å². The molecule has 3 rings (SSSR count). The zero-order valence-corrected chi connectivity index (χ0v) is 14.2. The molecular weight excluding hydrogens is 343 g/mol. The Hall–Kier alpha value is -1.22. The Labute approximate surface area is 139 Å². The molecule has 0 saturated carbocycles. The Morgan fingerprint density at radius 3 is 2.46 bits per heavy atom. The maximum absolute atomic E-state index is 12.4. The van der Waals surface area contributed by atoms with Gasteiger partial charge in [0.2, 0.25) is 5.82 Å². The van der Waals surface area contributed by atoms with Crippen LogP contribution in [0.2, 0.25) is 0 Å². The fourth-order valence-electron chi connectivity index (χ4n) is 3.82.